The number of carboxylic acids is 1. The summed E-state index contributed by atoms with van der Waals surface area (Å²) in [6.07, 6.45) is 3.21. The first-order valence-electron chi connectivity index (χ1n) is 12.9. The zero-order valence-corrected chi connectivity index (χ0v) is 23.2. The van der Waals surface area contributed by atoms with Crippen LogP contribution in [0, 0.1) is 5.41 Å². The lowest BCUT2D eigenvalue weighted by molar-refractivity contribution is -0.137. The minimum absolute atomic E-state index is 0.103. The fourth-order valence-corrected chi connectivity index (χ4v) is 4.42. The maximum Gasteiger partial charge on any atom is 0.303 e. The van der Waals surface area contributed by atoms with Crippen molar-refractivity contribution in [2.24, 2.45) is 5.41 Å². The number of fused-ring (bicyclic) bond motifs is 1. The molecule has 0 aliphatic carbocycles. The lowest BCUT2D eigenvalue weighted by Crippen LogP contribution is -2.26. The Labute approximate surface area is 225 Å². The van der Waals surface area contributed by atoms with E-state index in [4.69, 9.17) is 21.7 Å². The van der Waals surface area contributed by atoms with Gasteiger partial charge >= 0.3 is 5.97 Å². The van der Waals surface area contributed by atoms with E-state index < -0.39 is 5.97 Å². The third kappa shape index (κ3) is 7.42. The van der Waals surface area contributed by atoms with E-state index in [-0.39, 0.29) is 17.7 Å². The number of nitrogens with zero attached hydrogens (tertiary/aromatic N) is 1. The molecule has 0 unspecified atom stereocenters. The molecule has 0 aliphatic rings. The van der Waals surface area contributed by atoms with Crippen LogP contribution in [0.1, 0.15) is 76.2 Å². The summed E-state index contributed by atoms with van der Waals surface area (Å²) >= 11 is 6.09. The fourth-order valence-electron chi connectivity index (χ4n) is 4.29. The highest BCUT2D eigenvalue weighted by Crippen LogP contribution is 2.32. The molecule has 2 N–H and O–H groups in total. The zero-order valence-electron chi connectivity index (χ0n) is 22.5. The molecular formula is C31H37ClN2O3. The molecule has 0 bridgehead atoms. The Morgan fingerprint density at radius 1 is 1.03 bits per heavy atom. The Hall–Kier alpha value is -3.18. The number of carboxylic acid groups (broad SMARTS) is 1. The van der Waals surface area contributed by atoms with Gasteiger partial charge in [-0.1, -0.05) is 55.7 Å². The Bertz CT molecular complexity index is 1310. The van der Waals surface area contributed by atoms with Crippen LogP contribution in [0.3, 0.4) is 0 Å². The van der Waals surface area contributed by atoms with Crippen molar-refractivity contribution in [1.82, 2.24) is 10.3 Å². The topological polar surface area (TPSA) is 79.3 Å². The van der Waals surface area contributed by atoms with E-state index in [0.29, 0.717) is 30.0 Å². The number of aliphatic carboxylic acids is 1. The number of pyridine rings is 1. The Kier molecular flexibility index (Phi) is 9.50. The van der Waals surface area contributed by atoms with Gasteiger partial charge in [0.05, 0.1) is 11.2 Å². The van der Waals surface area contributed by atoms with Gasteiger partial charge in [0.2, 0.25) is 0 Å². The number of benzene rings is 2. The van der Waals surface area contributed by atoms with E-state index in [1.165, 1.54) is 11.1 Å². The molecular weight excluding hydrogens is 484 g/mol. The SMILES string of the molecule is CCC(C)(C)/C(C)=C(/C)CNC(=O)c1ccc2nc(-c3ccc(Cl)cc3)c(CCCCC(=O)O)cc2c1. The smallest absolute Gasteiger partial charge is 0.303 e. The number of nitrogens with one attached hydrogen (secondary N) is 1. The number of carbonyl (C=O) groups is 2. The maximum atomic E-state index is 13.0. The van der Waals surface area contributed by atoms with Gasteiger partial charge in [0.1, 0.15) is 0 Å². The minimum atomic E-state index is -0.788. The molecule has 2 aromatic carbocycles. The molecule has 0 radical (unpaired) electrons. The van der Waals surface area contributed by atoms with E-state index in [9.17, 15) is 9.59 Å². The van der Waals surface area contributed by atoms with Gasteiger partial charge in [-0.2, -0.15) is 0 Å². The summed E-state index contributed by atoms with van der Waals surface area (Å²) in [5.74, 6) is -0.906. The van der Waals surface area contributed by atoms with Crippen molar-refractivity contribution in [2.45, 2.75) is 66.7 Å². The summed E-state index contributed by atoms with van der Waals surface area (Å²) < 4.78 is 0. The maximum absolute atomic E-state index is 13.0. The number of hydrogen-bond acceptors (Lipinski definition) is 3. The van der Waals surface area contributed by atoms with Gasteiger partial charge < -0.3 is 10.4 Å². The van der Waals surface area contributed by atoms with Gasteiger partial charge in [-0.15, -0.1) is 0 Å². The molecule has 1 amide bonds. The van der Waals surface area contributed by atoms with Crippen molar-refractivity contribution < 1.29 is 14.7 Å². The monoisotopic (exact) mass is 520 g/mol. The van der Waals surface area contributed by atoms with Crippen molar-refractivity contribution in [2.75, 3.05) is 6.54 Å². The second-order valence-corrected chi connectivity index (χ2v) is 10.8. The molecule has 3 rings (SSSR count). The number of aryl methyl sites for hydroxylation is 1. The molecule has 6 heteroatoms. The van der Waals surface area contributed by atoms with E-state index >= 15 is 0 Å². The number of unbranched alkanes of at least 4 members (excludes halogenated alkanes) is 1. The minimum Gasteiger partial charge on any atom is -0.481 e. The molecule has 5 nitrogen and oxygen atoms in total. The molecule has 0 spiro atoms. The quantitative estimate of drug-likeness (QED) is 0.199. The first-order valence-corrected chi connectivity index (χ1v) is 13.3. The molecule has 0 aliphatic heterocycles. The standard InChI is InChI=1S/C31H37ClN2O3/c1-6-31(4,5)21(3)20(2)19-33-30(37)24-13-16-27-25(18-24)17-23(9-7-8-10-28(35)36)29(34-27)22-11-14-26(32)15-12-22/h11-18H,6-10,19H2,1-5H3,(H,33,37)(H,35,36)/b21-20-. The highest BCUT2D eigenvalue weighted by molar-refractivity contribution is 6.30. The van der Waals surface area contributed by atoms with Crippen molar-refractivity contribution in [3.8, 4) is 11.3 Å². The van der Waals surface area contributed by atoms with E-state index in [1.807, 2.05) is 42.5 Å². The summed E-state index contributed by atoms with van der Waals surface area (Å²) in [5.41, 5.74) is 6.80. The second kappa shape index (κ2) is 12.4. The van der Waals surface area contributed by atoms with Gasteiger partial charge in [-0.05, 0) is 86.9 Å². The molecule has 0 saturated carbocycles. The first-order chi connectivity index (χ1) is 17.5. The summed E-state index contributed by atoms with van der Waals surface area (Å²) in [5, 5.41) is 13.6. The average molecular weight is 521 g/mol. The lowest BCUT2D eigenvalue weighted by atomic mass is 9.80. The molecule has 0 saturated heterocycles. The number of rotatable bonds is 11. The normalized spacial score (nSPS) is 12.4. The van der Waals surface area contributed by atoms with E-state index in [1.54, 1.807) is 0 Å². The van der Waals surface area contributed by atoms with Crippen LogP contribution in [0.15, 0.2) is 59.7 Å². The first kappa shape index (κ1) is 28.4. The van der Waals surface area contributed by atoms with Crippen LogP contribution in [0.25, 0.3) is 22.2 Å². The summed E-state index contributed by atoms with van der Waals surface area (Å²) in [6, 6.07) is 15.2. The van der Waals surface area contributed by atoms with E-state index in [0.717, 1.165) is 40.6 Å². The third-order valence-corrected chi connectivity index (χ3v) is 7.67. The number of carbonyl (C=O) groups excluding carboxylic acids is 1. The largest absolute Gasteiger partial charge is 0.481 e. The summed E-state index contributed by atoms with van der Waals surface area (Å²) in [4.78, 5) is 28.9. The van der Waals surface area contributed by atoms with Crippen LogP contribution in [0.4, 0.5) is 0 Å². The van der Waals surface area contributed by atoms with Crippen LogP contribution < -0.4 is 5.32 Å². The van der Waals surface area contributed by atoms with Gasteiger partial charge in [-0.3, -0.25) is 9.59 Å². The third-order valence-electron chi connectivity index (χ3n) is 7.41. The van der Waals surface area contributed by atoms with Gasteiger partial charge in [0, 0.05) is 34.5 Å². The van der Waals surface area contributed by atoms with Crippen LogP contribution in [0.5, 0.6) is 0 Å². The van der Waals surface area contributed by atoms with Gasteiger partial charge in [0.15, 0.2) is 0 Å². The van der Waals surface area contributed by atoms with Crippen LogP contribution in [0.2, 0.25) is 5.02 Å². The molecule has 0 fully saturated rings. The number of amides is 1. The number of hydrogen-bond donors (Lipinski definition) is 2. The number of halogens is 1. The van der Waals surface area contributed by atoms with Crippen LogP contribution in [-0.4, -0.2) is 28.5 Å². The highest BCUT2D eigenvalue weighted by atomic mass is 35.5. The molecule has 196 valence electrons. The average Bonchev–Trinajstić information content (AvgIpc) is 2.88. The van der Waals surface area contributed by atoms with Gasteiger partial charge in [-0.25, -0.2) is 4.98 Å². The summed E-state index contributed by atoms with van der Waals surface area (Å²) in [6.45, 7) is 11.4. The van der Waals surface area contributed by atoms with Crippen molar-refractivity contribution in [3.63, 3.8) is 0 Å². The van der Waals surface area contributed by atoms with E-state index in [2.05, 4.69) is 46.0 Å². The Balaban J connectivity index is 1.88. The molecule has 0 atom stereocenters. The Morgan fingerprint density at radius 2 is 1.73 bits per heavy atom. The number of aromatic nitrogens is 1. The van der Waals surface area contributed by atoms with Crippen molar-refractivity contribution in [3.05, 3.63) is 75.8 Å². The predicted octanol–water partition coefficient (Wildman–Crippen LogP) is 7.86. The summed E-state index contributed by atoms with van der Waals surface area (Å²) in [7, 11) is 0. The lowest BCUT2D eigenvalue weighted by Gasteiger charge is -2.26. The molecule has 1 heterocycles. The zero-order chi connectivity index (χ0) is 27.2. The highest BCUT2D eigenvalue weighted by Gasteiger charge is 2.19. The van der Waals surface area contributed by atoms with Gasteiger partial charge in [0.25, 0.3) is 5.91 Å². The van der Waals surface area contributed by atoms with Crippen molar-refractivity contribution >= 4 is 34.4 Å². The predicted molar refractivity (Wildman–Crippen MR) is 152 cm³/mol. The second-order valence-electron chi connectivity index (χ2n) is 10.3. The van der Waals surface area contributed by atoms with Crippen LogP contribution >= 0.6 is 11.6 Å². The van der Waals surface area contributed by atoms with Crippen LogP contribution in [-0.2, 0) is 11.2 Å². The number of allylic oxidation sites excluding steroid dienone is 1. The van der Waals surface area contributed by atoms with Crippen molar-refractivity contribution in [1.29, 1.82) is 0 Å². The molecule has 1 aromatic heterocycles. The Morgan fingerprint density at radius 3 is 2.38 bits per heavy atom. The molecule has 37 heavy (non-hydrogen) atoms. The molecule has 3 aromatic rings. The fraction of sp³-hybridized carbons (Fsp3) is 0.387.